The molecule has 29 heavy (non-hydrogen) atoms. The molecule has 152 valence electrons. The van der Waals surface area contributed by atoms with Crippen LogP contribution in [0.1, 0.15) is 36.6 Å². The fraction of sp³-hybridized carbons (Fsp3) is 0.318. The van der Waals surface area contributed by atoms with Crippen molar-refractivity contribution >= 4 is 17.6 Å². The monoisotopic (exact) mass is 393 g/mol. The van der Waals surface area contributed by atoms with Gasteiger partial charge < -0.3 is 11.1 Å². The fourth-order valence-electron chi connectivity index (χ4n) is 3.25. The minimum Gasteiger partial charge on any atom is -0.384 e. The first-order chi connectivity index (χ1) is 13.9. The second-order valence-corrected chi connectivity index (χ2v) is 7.22. The van der Waals surface area contributed by atoms with Gasteiger partial charge >= 0.3 is 0 Å². The number of nitrogens with zero attached hydrogens (tertiary/aromatic N) is 2. The van der Waals surface area contributed by atoms with Crippen molar-refractivity contribution < 1.29 is 9.59 Å². The molecule has 0 atom stereocenters. The van der Waals surface area contributed by atoms with Crippen LogP contribution in [-0.2, 0) is 22.7 Å². The smallest absolute Gasteiger partial charge is 0.264 e. The summed E-state index contributed by atoms with van der Waals surface area (Å²) in [5.41, 5.74) is 13.1. The molecule has 1 aromatic carbocycles. The number of carbonyl (C=O) groups excluding carboxylic acids is 2. The summed E-state index contributed by atoms with van der Waals surface area (Å²) in [5.74, 6) is 0.133. The third kappa shape index (κ3) is 5.42. The Labute approximate surface area is 171 Å². The number of benzene rings is 1. The van der Waals surface area contributed by atoms with Gasteiger partial charge in [-0.3, -0.25) is 14.6 Å². The van der Waals surface area contributed by atoms with Gasteiger partial charge in [0.25, 0.3) is 5.91 Å². The number of nitrogens with one attached hydrogen (secondary N) is 2. The molecule has 0 aliphatic carbocycles. The largest absolute Gasteiger partial charge is 0.384 e. The molecule has 0 radical (unpaired) electrons. The number of carbonyl (C=O) groups is 2. The van der Waals surface area contributed by atoms with Gasteiger partial charge in [-0.15, -0.1) is 0 Å². The van der Waals surface area contributed by atoms with Crippen molar-refractivity contribution in [3.63, 3.8) is 0 Å². The molecule has 7 nitrogen and oxygen atoms in total. The van der Waals surface area contributed by atoms with Crippen LogP contribution in [0.25, 0.3) is 0 Å². The van der Waals surface area contributed by atoms with Gasteiger partial charge in [-0.1, -0.05) is 42.0 Å². The molecular weight excluding hydrogens is 366 g/mol. The zero-order valence-electron chi connectivity index (χ0n) is 16.9. The standard InChI is InChI=1S/C22H27N5O2/c1-15-10-11-27(25-13-17-6-4-3-5-7-17)22(29)19(15)12-21(28)24-14-18-8-9-20(23)26-16(18)2/h3-9,25H,10-14H2,1-2H3,(H2,23,26)(H,24,28). The zero-order chi connectivity index (χ0) is 20.8. The van der Waals surface area contributed by atoms with Crippen molar-refractivity contribution in [3.8, 4) is 0 Å². The maximum absolute atomic E-state index is 12.9. The number of pyridine rings is 1. The average molecular weight is 393 g/mol. The predicted octanol–water partition coefficient (Wildman–Crippen LogP) is 2.23. The average Bonchev–Trinajstić information content (AvgIpc) is 2.70. The Morgan fingerprint density at radius 3 is 2.62 bits per heavy atom. The van der Waals surface area contributed by atoms with E-state index in [2.05, 4.69) is 15.7 Å². The molecule has 1 aromatic heterocycles. The maximum Gasteiger partial charge on any atom is 0.264 e. The summed E-state index contributed by atoms with van der Waals surface area (Å²) in [6.07, 6.45) is 0.812. The van der Waals surface area contributed by atoms with E-state index < -0.39 is 0 Å². The molecule has 0 spiro atoms. The Balaban J connectivity index is 1.56. The molecule has 2 aromatic rings. The number of nitrogens with two attached hydrogens (primary N) is 1. The van der Waals surface area contributed by atoms with Crippen LogP contribution in [0.15, 0.2) is 53.6 Å². The topological polar surface area (TPSA) is 100 Å². The normalized spacial score (nSPS) is 14.3. The van der Waals surface area contributed by atoms with Gasteiger partial charge in [0.2, 0.25) is 5.91 Å². The molecular formula is C22H27N5O2. The number of anilines is 1. The molecule has 4 N–H and O–H groups in total. The van der Waals surface area contributed by atoms with Crippen molar-refractivity contribution in [2.75, 3.05) is 12.3 Å². The molecule has 0 saturated carbocycles. The van der Waals surface area contributed by atoms with Crippen molar-refractivity contribution in [2.24, 2.45) is 0 Å². The third-order valence-corrected chi connectivity index (χ3v) is 5.08. The van der Waals surface area contributed by atoms with Crippen LogP contribution < -0.4 is 16.5 Å². The van der Waals surface area contributed by atoms with Crippen LogP contribution in [0.4, 0.5) is 5.82 Å². The van der Waals surface area contributed by atoms with Gasteiger partial charge in [0.05, 0.1) is 6.42 Å². The second kappa shape index (κ2) is 9.34. The molecule has 0 fully saturated rings. The van der Waals surface area contributed by atoms with E-state index in [1.807, 2.05) is 50.2 Å². The Morgan fingerprint density at radius 1 is 1.14 bits per heavy atom. The third-order valence-electron chi connectivity index (χ3n) is 5.08. The van der Waals surface area contributed by atoms with Crippen LogP contribution >= 0.6 is 0 Å². The molecule has 0 saturated heterocycles. The Bertz CT molecular complexity index is 924. The van der Waals surface area contributed by atoms with E-state index in [0.717, 1.165) is 28.8 Å². The van der Waals surface area contributed by atoms with Crippen LogP contribution in [0.2, 0.25) is 0 Å². The Hall–Kier alpha value is -3.19. The summed E-state index contributed by atoms with van der Waals surface area (Å²) < 4.78 is 0. The molecule has 1 aliphatic rings. The Morgan fingerprint density at radius 2 is 1.90 bits per heavy atom. The highest BCUT2D eigenvalue weighted by molar-refractivity contribution is 5.99. The summed E-state index contributed by atoms with van der Waals surface area (Å²) in [6.45, 7) is 5.29. The molecule has 0 unspecified atom stereocenters. The first kappa shape index (κ1) is 20.5. The molecule has 1 aliphatic heterocycles. The number of aromatic nitrogens is 1. The summed E-state index contributed by atoms with van der Waals surface area (Å²) in [4.78, 5) is 29.5. The Kier molecular flexibility index (Phi) is 6.61. The van der Waals surface area contributed by atoms with E-state index in [1.54, 1.807) is 11.1 Å². The lowest BCUT2D eigenvalue weighted by Crippen LogP contribution is -2.46. The predicted molar refractivity (Wildman–Crippen MR) is 112 cm³/mol. The van der Waals surface area contributed by atoms with Crippen molar-refractivity contribution in [1.29, 1.82) is 0 Å². The quantitative estimate of drug-likeness (QED) is 0.670. The molecule has 2 heterocycles. The molecule has 7 heteroatoms. The van der Waals surface area contributed by atoms with Crippen LogP contribution in [0.3, 0.4) is 0 Å². The zero-order valence-corrected chi connectivity index (χ0v) is 16.9. The highest BCUT2D eigenvalue weighted by atomic mass is 16.2. The highest BCUT2D eigenvalue weighted by Crippen LogP contribution is 2.21. The minimum absolute atomic E-state index is 0.0651. The highest BCUT2D eigenvalue weighted by Gasteiger charge is 2.26. The molecule has 3 rings (SSSR count). The first-order valence-corrected chi connectivity index (χ1v) is 9.70. The van der Waals surface area contributed by atoms with Crippen LogP contribution in [-0.4, -0.2) is 28.4 Å². The van der Waals surface area contributed by atoms with Gasteiger partial charge in [-0.25, -0.2) is 10.4 Å². The van der Waals surface area contributed by atoms with Crippen LogP contribution in [0.5, 0.6) is 0 Å². The van der Waals surface area contributed by atoms with Crippen molar-refractivity contribution in [3.05, 3.63) is 70.4 Å². The minimum atomic E-state index is -0.186. The lowest BCUT2D eigenvalue weighted by atomic mass is 9.98. The summed E-state index contributed by atoms with van der Waals surface area (Å²) in [7, 11) is 0. The number of hydrogen-bond donors (Lipinski definition) is 3. The van der Waals surface area contributed by atoms with Gasteiger partial charge in [0, 0.05) is 30.9 Å². The second-order valence-electron chi connectivity index (χ2n) is 7.22. The summed E-state index contributed by atoms with van der Waals surface area (Å²) >= 11 is 0. The van der Waals surface area contributed by atoms with E-state index in [-0.39, 0.29) is 18.2 Å². The van der Waals surface area contributed by atoms with Crippen molar-refractivity contribution in [2.45, 2.75) is 39.8 Å². The fourth-order valence-corrected chi connectivity index (χ4v) is 3.25. The number of hydrazine groups is 1. The number of nitrogen functional groups attached to an aromatic ring is 1. The van der Waals surface area contributed by atoms with E-state index in [4.69, 9.17) is 5.73 Å². The van der Waals surface area contributed by atoms with Crippen LogP contribution in [0, 0.1) is 6.92 Å². The summed E-state index contributed by atoms with van der Waals surface area (Å²) in [6, 6.07) is 13.5. The summed E-state index contributed by atoms with van der Waals surface area (Å²) in [5, 5.41) is 4.48. The maximum atomic E-state index is 12.9. The van der Waals surface area contributed by atoms with Gasteiger partial charge in [0.1, 0.15) is 5.82 Å². The number of amides is 2. The van der Waals surface area contributed by atoms with Gasteiger partial charge in [0.15, 0.2) is 0 Å². The van der Waals surface area contributed by atoms with Gasteiger partial charge in [-0.05, 0) is 37.5 Å². The molecule has 2 amide bonds. The van der Waals surface area contributed by atoms with E-state index in [1.165, 1.54) is 0 Å². The number of rotatable bonds is 7. The van der Waals surface area contributed by atoms with E-state index >= 15 is 0 Å². The number of hydrogen-bond acceptors (Lipinski definition) is 5. The van der Waals surface area contributed by atoms with Gasteiger partial charge in [-0.2, -0.15) is 0 Å². The van der Waals surface area contributed by atoms with E-state index in [0.29, 0.717) is 31.0 Å². The SMILES string of the molecule is CC1=C(CC(=O)NCc2ccc(N)nc2C)C(=O)N(NCc2ccccc2)CC1. The van der Waals surface area contributed by atoms with Crippen molar-refractivity contribution in [1.82, 2.24) is 20.7 Å². The molecule has 0 bridgehead atoms. The lowest BCUT2D eigenvalue weighted by molar-refractivity contribution is -0.132. The number of aryl methyl sites for hydroxylation is 1. The lowest BCUT2D eigenvalue weighted by Gasteiger charge is -2.30. The van der Waals surface area contributed by atoms with E-state index in [9.17, 15) is 9.59 Å². The first-order valence-electron chi connectivity index (χ1n) is 9.70.